The molecule has 2 amide bonds. The third-order valence-electron chi connectivity index (χ3n) is 5.98. The van der Waals surface area contributed by atoms with Crippen molar-refractivity contribution in [3.05, 3.63) is 100 Å². The summed E-state index contributed by atoms with van der Waals surface area (Å²) in [6, 6.07) is 18.1. The standard InChI is InChI=1S/C29H26N2O6/c1-29(2,3)18-10-8-17(9-11-18)28(36)30-15-25(33)37-16-24(32)31-19-12-13-22-23(14-19)27(35)21-7-5-4-6-20(21)26(22)34/h4-14H,15-16H2,1-3H3,(H,30,36)(H,31,32). The molecule has 0 fully saturated rings. The van der Waals surface area contributed by atoms with Crippen LogP contribution in [-0.4, -0.2) is 42.5 Å². The Morgan fingerprint density at radius 1 is 0.784 bits per heavy atom. The molecule has 1 aliphatic rings. The van der Waals surface area contributed by atoms with Gasteiger partial charge in [0.05, 0.1) is 0 Å². The maximum atomic E-state index is 12.8. The van der Waals surface area contributed by atoms with Crippen LogP contribution < -0.4 is 10.6 Å². The largest absolute Gasteiger partial charge is 0.454 e. The van der Waals surface area contributed by atoms with Gasteiger partial charge in [-0.05, 0) is 41.3 Å². The van der Waals surface area contributed by atoms with Gasteiger partial charge in [0.15, 0.2) is 18.2 Å². The first-order chi connectivity index (χ1) is 17.5. The number of fused-ring (bicyclic) bond motifs is 2. The number of amides is 2. The Balaban J connectivity index is 1.28. The summed E-state index contributed by atoms with van der Waals surface area (Å²) >= 11 is 0. The number of benzene rings is 3. The highest BCUT2D eigenvalue weighted by atomic mass is 16.5. The maximum Gasteiger partial charge on any atom is 0.325 e. The number of nitrogens with one attached hydrogen (secondary N) is 2. The van der Waals surface area contributed by atoms with E-state index in [-0.39, 0.29) is 33.8 Å². The Kier molecular flexibility index (Phi) is 7.02. The van der Waals surface area contributed by atoms with E-state index in [0.717, 1.165) is 5.56 Å². The van der Waals surface area contributed by atoms with Gasteiger partial charge in [-0.3, -0.25) is 24.0 Å². The second kappa shape index (κ2) is 10.2. The van der Waals surface area contributed by atoms with E-state index in [0.29, 0.717) is 16.7 Å². The average Bonchev–Trinajstić information content (AvgIpc) is 2.88. The molecule has 8 nitrogen and oxygen atoms in total. The molecule has 8 heteroatoms. The topological polar surface area (TPSA) is 119 Å². The van der Waals surface area contributed by atoms with Crippen LogP contribution in [0.3, 0.4) is 0 Å². The Morgan fingerprint density at radius 2 is 1.38 bits per heavy atom. The fraction of sp³-hybridized carbons (Fsp3) is 0.207. The zero-order valence-corrected chi connectivity index (χ0v) is 20.7. The summed E-state index contributed by atoms with van der Waals surface area (Å²) in [5.74, 6) is -2.41. The molecule has 0 atom stereocenters. The van der Waals surface area contributed by atoms with E-state index in [9.17, 15) is 24.0 Å². The van der Waals surface area contributed by atoms with Gasteiger partial charge in [0.1, 0.15) is 6.54 Å². The lowest BCUT2D eigenvalue weighted by molar-refractivity contribution is -0.146. The molecule has 0 aliphatic heterocycles. The molecule has 0 bridgehead atoms. The Bertz CT molecular complexity index is 1420. The molecule has 0 radical (unpaired) electrons. The average molecular weight is 499 g/mol. The molecular formula is C29H26N2O6. The number of ether oxygens (including phenoxy) is 1. The van der Waals surface area contributed by atoms with Crippen molar-refractivity contribution in [1.29, 1.82) is 0 Å². The Labute approximate surface area is 214 Å². The van der Waals surface area contributed by atoms with E-state index in [1.165, 1.54) is 18.2 Å². The van der Waals surface area contributed by atoms with Gasteiger partial charge in [0.2, 0.25) is 0 Å². The fourth-order valence-electron chi connectivity index (χ4n) is 3.95. The van der Waals surface area contributed by atoms with Gasteiger partial charge in [-0.2, -0.15) is 0 Å². The number of carbonyl (C=O) groups excluding carboxylic acids is 5. The molecule has 0 saturated heterocycles. The van der Waals surface area contributed by atoms with Crippen molar-refractivity contribution < 1.29 is 28.7 Å². The summed E-state index contributed by atoms with van der Waals surface area (Å²) in [5, 5.41) is 5.01. The van der Waals surface area contributed by atoms with Gasteiger partial charge in [-0.25, -0.2) is 0 Å². The van der Waals surface area contributed by atoms with E-state index in [1.807, 2.05) is 12.1 Å². The minimum Gasteiger partial charge on any atom is -0.454 e. The van der Waals surface area contributed by atoms with Crippen LogP contribution in [0.5, 0.6) is 0 Å². The second-order valence-corrected chi connectivity index (χ2v) is 9.68. The van der Waals surface area contributed by atoms with E-state index >= 15 is 0 Å². The lowest BCUT2D eigenvalue weighted by atomic mass is 9.84. The van der Waals surface area contributed by atoms with Gasteiger partial charge in [0.25, 0.3) is 11.8 Å². The number of hydrogen-bond acceptors (Lipinski definition) is 6. The lowest BCUT2D eigenvalue weighted by Crippen LogP contribution is -2.32. The molecular weight excluding hydrogens is 472 g/mol. The van der Waals surface area contributed by atoms with Crippen LogP contribution >= 0.6 is 0 Å². The molecule has 1 aliphatic carbocycles. The van der Waals surface area contributed by atoms with Gasteiger partial charge >= 0.3 is 5.97 Å². The molecule has 0 spiro atoms. The third kappa shape index (κ3) is 5.64. The summed E-state index contributed by atoms with van der Waals surface area (Å²) in [5.41, 5.74) is 2.83. The SMILES string of the molecule is CC(C)(C)c1ccc(C(=O)NCC(=O)OCC(=O)Nc2ccc3c(c2)C(=O)c2ccccc2C3=O)cc1. The molecule has 3 aromatic carbocycles. The monoisotopic (exact) mass is 498 g/mol. The summed E-state index contributed by atoms with van der Waals surface area (Å²) in [7, 11) is 0. The quantitative estimate of drug-likeness (QED) is 0.392. The molecule has 0 unspecified atom stereocenters. The molecule has 4 rings (SSSR count). The van der Waals surface area contributed by atoms with Crippen LogP contribution in [0.15, 0.2) is 66.7 Å². The van der Waals surface area contributed by atoms with Crippen molar-refractivity contribution in [3.8, 4) is 0 Å². The molecule has 37 heavy (non-hydrogen) atoms. The zero-order chi connectivity index (χ0) is 26.7. The lowest BCUT2D eigenvalue weighted by Gasteiger charge is -2.19. The second-order valence-electron chi connectivity index (χ2n) is 9.68. The van der Waals surface area contributed by atoms with Crippen molar-refractivity contribution in [1.82, 2.24) is 5.32 Å². The molecule has 188 valence electrons. The van der Waals surface area contributed by atoms with Crippen molar-refractivity contribution in [3.63, 3.8) is 0 Å². The van der Waals surface area contributed by atoms with Crippen LogP contribution in [0, 0.1) is 0 Å². The van der Waals surface area contributed by atoms with Crippen LogP contribution in [0.2, 0.25) is 0 Å². The summed E-state index contributed by atoms with van der Waals surface area (Å²) < 4.78 is 4.94. The fourth-order valence-corrected chi connectivity index (χ4v) is 3.95. The summed E-state index contributed by atoms with van der Waals surface area (Å²) in [6.07, 6.45) is 0. The van der Waals surface area contributed by atoms with Crippen LogP contribution in [-0.2, 0) is 19.7 Å². The summed E-state index contributed by atoms with van der Waals surface area (Å²) in [6.45, 7) is 5.22. The predicted octanol–water partition coefficient (Wildman–Crippen LogP) is 3.67. The first-order valence-electron chi connectivity index (χ1n) is 11.7. The maximum absolute atomic E-state index is 12.8. The minimum atomic E-state index is -0.780. The molecule has 3 aromatic rings. The van der Waals surface area contributed by atoms with Crippen LogP contribution in [0.1, 0.15) is 68.5 Å². The first kappa shape index (κ1) is 25.5. The van der Waals surface area contributed by atoms with Crippen molar-refractivity contribution in [2.75, 3.05) is 18.5 Å². The van der Waals surface area contributed by atoms with Crippen LogP contribution in [0.25, 0.3) is 0 Å². The normalized spacial score (nSPS) is 12.3. The Hall–Kier alpha value is -4.59. The highest BCUT2D eigenvalue weighted by Gasteiger charge is 2.29. The molecule has 0 aromatic heterocycles. The number of esters is 1. The Morgan fingerprint density at radius 3 is 2.00 bits per heavy atom. The minimum absolute atomic E-state index is 0.0448. The van der Waals surface area contributed by atoms with Gasteiger partial charge in [-0.15, -0.1) is 0 Å². The van der Waals surface area contributed by atoms with Gasteiger partial charge in [-0.1, -0.05) is 57.2 Å². The summed E-state index contributed by atoms with van der Waals surface area (Å²) in [4.78, 5) is 62.1. The molecule has 0 saturated carbocycles. The number of hydrogen-bond donors (Lipinski definition) is 2. The number of carbonyl (C=O) groups is 5. The molecule has 0 heterocycles. The van der Waals surface area contributed by atoms with E-state index in [2.05, 4.69) is 31.4 Å². The number of anilines is 1. The van der Waals surface area contributed by atoms with Crippen molar-refractivity contribution >= 4 is 35.0 Å². The third-order valence-corrected chi connectivity index (χ3v) is 5.98. The van der Waals surface area contributed by atoms with E-state index in [4.69, 9.17) is 4.74 Å². The van der Waals surface area contributed by atoms with Crippen molar-refractivity contribution in [2.24, 2.45) is 0 Å². The zero-order valence-electron chi connectivity index (χ0n) is 20.7. The highest BCUT2D eigenvalue weighted by Crippen LogP contribution is 2.29. The predicted molar refractivity (Wildman–Crippen MR) is 137 cm³/mol. The number of ketones is 2. The van der Waals surface area contributed by atoms with E-state index in [1.54, 1.807) is 36.4 Å². The van der Waals surface area contributed by atoms with E-state index < -0.39 is 30.9 Å². The first-order valence-corrected chi connectivity index (χ1v) is 11.7. The van der Waals surface area contributed by atoms with Gasteiger partial charge in [0, 0.05) is 33.5 Å². The van der Waals surface area contributed by atoms with Gasteiger partial charge < -0.3 is 15.4 Å². The van der Waals surface area contributed by atoms with Crippen LogP contribution in [0.4, 0.5) is 5.69 Å². The smallest absolute Gasteiger partial charge is 0.325 e. The highest BCUT2D eigenvalue weighted by molar-refractivity contribution is 6.28. The van der Waals surface area contributed by atoms with Crippen molar-refractivity contribution in [2.45, 2.75) is 26.2 Å². The molecule has 2 N–H and O–H groups in total. The number of rotatable bonds is 6.